The molecule has 144 valence electrons. The number of hydrogen-bond donors (Lipinski definition) is 2. The van der Waals surface area contributed by atoms with Gasteiger partial charge >= 0.3 is 0 Å². The highest BCUT2D eigenvalue weighted by molar-refractivity contribution is 5.77. The molecule has 0 aliphatic carbocycles. The average Bonchev–Trinajstić information content (AvgIpc) is 3.56. The predicted molar refractivity (Wildman–Crippen MR) is 123 cm³/mol. The van der Waals surface area contributed by atoms with Crippen molar-refractivity contribution in [3.8, 4) is 0 Å². The Kier molecular flexibility index (Phi) is 4.76. The summed E-state index contributed by atoms with van der Waals surface area (Å²) in [6.45, 7) is 0. The van der Waals surface area contributed by atoms with Crippen molar-refractivity contribution in [2.45, 2.75) is 0 Å². The molecule has 6 heterocycles. The molecule has 4 aromatic rings. The van der Waals surface area contributed by atoms with Crippen molar-refractivity contribution in [2.75, 3.05) is 0 Å². The first-order valence-corrected chi connectivity index (χ1v) is 9.70. The lowest BCUT2D eigenvalue weighted by Crippen LogP contribution is -1.77. The highest BCUT2D eigenvalue weighted by Crippen LogP contribution is 2.17. The Balaban J connectivity index is 0.000000279. The Labute approximate surface area is 173 Å². The van der Waals surface area contributed by atoms with Gasteiger partial charge in [-0.1, -0.05) is 6.07 Å². The van der Waals surface area contributed by atoms with Crippen LogP contribution in [0.2, 0.25) is 0 Å². The van der Waals surface area contributed by atoms with Crippen molar-refractivity contribution in [3.05, 3.63) is 102 Å². The summed E-state index contributed by atoms with van der Waals surface area (Å²) < 4.78 is 0. The maximum Gasteiger partial charge on any atom is 0.0659 e. The molecule has 0 fully saturated rings. The first-order valence-electron chi connectivity index (χ1n) is 9.70. The number of rotatable bonds is 0. The van der Waals surface area contributed by atoms with E-state index in [2.05, 4.69) is 55.3 Å². The zero-order chi connectivity index (χ0) is 20.2. The Morgan fingerprint density at radius 3 is 1.30 bits per heavy atom. The van der Waals surface area contributed by atoms with E-state index >= 15 is 0 Å². The van der Waals surface area contributed by atoms with Gasteiger partial charge in [0.15, 0.2) is 0 Å². The summed E-state index contributed by atoms with van der Waals surface area (Å²) in [6, 6.07) is 22.1. The molecule has 2 aliphatic heterocycles. The molecule has 0 amide bonds. The minimum atomic E-state index is 0.915. The summed E-state index contributed by atoms with van der Waals surface area (Å²) in [4.78, 5) is 19.8. The van der Waals surface area contributed by atoms with Gasteiger partial charge in [0.2, 0.25) is 0 Å². The van der Waals surface area contributed by atoms with Crippen molar-refractivity contribution in [1.29, 1.82) is 0 Å². The second-order valence-corrected chi connectivity index (χ2v) is 6.93. The molecule has 0 saturated heterocycles. The van der Waals surface area contributed by atoms with E-state index in [9.17, 15) is 0 Å². The van der Waals surface area contributed by atoms with E-state index in [1.165, 1.54) is 0 Å². The van der Waals surface area contributed by atoms with Crippen molar-refractivity contribution in [1.82, 2.24) is 24.9 Å². The molecule has 8 bridgehead atoms. The average molecular weight is 389 g/mol. The van der Waals surface area contributed by atoms with E-state index in [4.69, 9.17) is 0 Å². The number of H-pyrrole nitrogens is 2. The highest BCUT2D eigenvalue weighted by atomic mass is 14.8. The van der Waals surface area contributed by atoms with E-state index in [0.717, 1.165) is 44.8 Å². The van der Waals surface area contributed by atoms with Crippen LogP contribution in [0.5, 0.6) is 0 Å². The molecule has 30 heavy (non-hydrogen) atoms. The number of nitrogens with zero attached hydrogens (tertiary/aromatic N) is 3. The Bertz CT molecular complexity index is 1280. The lowest BCUT2D eigenvalue weighted by atomic mass is 10.3. The maximum atomic E-state index is 4.62. The van der Waals surface area contributed by atoms with Crippen LogP contribution >= 0.6 is 0 Å². The molecular weight excluding hydrogens is 370 g/mol. The van der Waals surface area contributed by atoms with Crippen LogP contribution < -0.4 is 0 Å². The van der Waals surface area contributed by atoms with E-state index in [-0.39, 0.29) is 0 Å². The Hall–Kier alpha value is -4.25. The minimum absolute atomic E-state index is 0.915. The number of fused-ring (bicyclic) bond motifs is 8. The molecule has 0 atom stereocenters. The van der Waals surface area contributed by atoms with Gasteiger partial charge in [-0.15, -0.1) is 0 Å². The fraction of sp³-hybridized carbons (Fsp3) is 0. The third kappa shape index (κ3) is 4.25. The third-order valence-corrected chi connectivity index (χ3v) is 4.61. The van der Waals surface area contributed by atoms with Gasteiger partial charge in [-0.05, 0) is 85.0 Å². The van der Waals surface area contributed by atoms with Crippen LogP contribution in [0, 0.1) is 0 Å². The standard InChI is InChI=1S/C20H14N4.C5H5N/c1-2-14-10-16-5-6-18(23-16)12-20-8-7-19(24-20)11-17-4-3-15(22-17)9-13(1)21-14;1-2-4-6-5-3-1/h1-12,21-22H;1-5H. The molecule has 4 aromatic heterocycles. The molecule has 2 aliphatic rings. The van der Waals surface area contributed by atoms with Crippen LogP contribution in [0.4, 0.5) is 0 Å². The molecule has 6 rings (SSSR count). The van der Waals surface area contributed by atoms with Gasteiger partial charge < -0.3 is 9.97 Å². The number of aromatic nitrogens is 5. The second-order valence-electron chi connectivity index (χ2n) is 6.93. The van der Waals surface area contributed by atoms with Gasteiger partial charge in [0.25, 0.3) is 0 Å². The summed E-state index contributed by atoms with van der Waals surface area (Å²) in [7, 11) is 0. The van der Waals surface area contributed by atoms with E-state index in [1.54, 1.807) is 12.4 Å². The van der Waals surface area contributed by atoms with Gasteiger partial charge in [-0.3, -0.25) is 4.98 Å². The number of hydrogen-bond acceptors (Lipinski definition) is 3. The van der Waals surface area contributed by atoms with Crippen molar-refractivity contribution < 1.29 is 0 Å². The number of pyridine rings is 1. The Morgan fingerprint density at radius 1 is 0.467 bits per heavy atom. The summed E-state index contributed by atoms with van der Waals surface area (Å²) >= 11 is 0. The molecule has 5 heteroatoms. The highest BCUT2D eigenvalue weighted by Gasteiger charge is 2.02. The summed E-state index contributed by atoms with van der Waals surface area (Å²) in [6.07, 6.45) is 11.5. The number of aromatic amines is 2. The van der Waals surface area contributed by atoms with Gasteiger partial charge in [0, 0.05) is 34.5 Å². The Morgan fingerprint density at radius 2 is 0.900 bits per heavy atom. The molecular formula is C25H19N5. The van der Waals surface area contributed by atoms with Crippen LogP contribution in [-0.4, -0.2) is 24.9 Å². The molecule has 0 unspecified atom stereocenters. The zero-order valence-corrected chi connectivity index (χ0v) is 16.2. The molecule has 0 saturated carbocycles. The predicted octanol–water partition coefficient (Wildman–Crippen LogP) is 5.74. The first-order chi connectivity index (χ1) is 14.8. The molecule has 2 N–H and O–H groups in total. The summed E-state index contributed by atoms with van der Waals surface area (Å²) in [5.74, 6) is 0. The summed E-state index contributed by atoms with van der Waals surface area (Å²) in [5, 5.41) is 0. The van der Waals surface area contributed by atoms with Gasteiger partial charge in [0.05, 0.1) is 22.8 Å². The van der Waals surface area contributed by atoms with E-state index in [0.29, 0.717) is 0 Å². The quantitative estimate of drug-likeness (QED) is 0.348. The van der Waals surface area contributed by atoms with Crippen LogP contribution in [0.1, 0.15) is 22.8 Å². The first kappa shape index (κ1) is 17.8. The van der Waals surface area contributed by atoms with Crippen LogP contribution in [0.15, 0.2) is 79.1 Å². The van der Waals surface area contributed by atoms with Crippen molar-refractivity contribution in [2.24, 2.45) is 0 Å². The SMILES string of the molecule is C1=Cc2cc3ccc(cc4ccc(cc5nc(cc1n2)C=C5)[nH]4)[nH]3.c1ccncc1. The molecule has 0 radical (unpaired) electrons. The lowest BCUT2D eigenvalue weighted by Gasteiger charge is -1.86. The lowest BCUT2D eigenvalue weighted by molar-refractivity contribution is 1.28. The van der Waals surface area contributed by atoms with Gasteiger partial charge in [-0.2, -0.15) is 0 Å². The monoisotopic (exact) mass is 389 g/mol. The second kappa shape index (κ2) is 8.01. The fourth-order valence-corrected chi connectivity index (χ4v) is 3.26. The normalized spacial score (nSPS) is 11.7. The van der Waals surface area contributed by atoms with Crippen molar-refractivity contribution >= 4 is 46.4 Å². The van der Waals surface area contributed by atoms with Crippen LogP contribution in [0.25, 0.3) is 46.4 Å². The minimum Gasteiger partial charge on any atom is -0.355 e. The van der Waals surface area contributed by atoms with Crippen molar-refractivity contribution in [3.63, 3.8) is 0 Å². The van der Waals surface area contributed by atoms with Crippen LogP contribution in [0.3, 0.4) is 0 Å². The fourth-order valence-electron chi connectivity index (χ4n) is 3.26. The molecule has 0 aromatic carbocycles. The van der Waals surface area contributed by atoms with Crippen LogP contribution in [-0.2, 0) is 0 Å². The topological polar surface area (TPSA) is 70.2 Å². The molecule has 0 spiro atoms. The van der Waals surface area contributed by atoms with E-state index < -0.39 is 0 Å². The van der Waals surface area contributed by atoms with Gasteiger partial charge in [0.1, 0.15) is 0 Å². The zero-order valence-electron chi connectivity index (χ0n) is 16.2. The van der Waals surface area contributed by atoms with Gasteiger partial charge in [-0.25, -0.2) is 9.97 Å². The smallest absolute Gasteiger partial charge is 0.0659 e. The largest absolute Gasteiger partial charge is 0.355 e. The third-order valence-electron chi connectivity index (χ3n) is 4.61. The maximum absolute atomic E-state index is 4.62. The summed E-state index contributed by atoms with van der Waals surface area (Å²) in [5.41, 5.74) is 7.86. The van der Waals surface area contributed by atoms with E-state index in [1.807, 2.05) is 60.7 Å². The number of nitrogens with one attached hydrogen (secondary N) is 2. The molecule has 5 nitrogen and oxygen atoms in total.